The number of carbonyl (C=O) groups excluding carboxylic acids is 1. The summed E-state index contributed by atoms with van der Waals surface area (Å²) in [6.45, 7) is 1.98. The predicted octanol–water partition coefficient (Wildman–Crippen LogP) is 5.55. The number of nitrogens with zero attached hydrogens (tertiary/aromatic N) is 3. The molecule has 1 N–H and O–H groups in total. The molecular weight excluding hydrogens is 400 g/mol. The maximum absolute atomic E-state index is 12.9. The molecule has 0 bridgehead atoms. The molecule has 1 aromatic carbocycles. The van der Waals surface area contributed by atoms with Crippen LogP contribution in [0.1, 0.15) is 46.1 Å². The van der Waals surface area contributed by atoms with Crippen LogP contribution in [0.4, 0.5) is 5.82 Å². The van der Waals surface area contributed by atoms with E-state index < -0.39 is 0 Å². The van der Waals surface area contributed by atoms with E-state index in [0.717, 1.165) is 41.2 Å². The van der Waals surface area contributed by atoms with Crippen molar-refractivity contribution in [1.82, 2.24) is 14.8 Å². The normalized spacial score (nSPS) is 15.8. The number of thiazole rings is 1. The van der Waals surface area contributed by atoms with Gasteiger partial charge in [-0.1, -0.05) is 24.3 Å². The summed E-state index contributed by atoms with van der Waals surface area (Å²) in [6, 6.07) is 10.7. The minimum atomic E-state index is -0.198. The van der Waals surface area contributed by atoms with Crippen LogP contribution in [0.5, 0.6) is 0 Å². The number of anilines is 1. The molecule has 5 rings (SSSR count). The third kappa shape index (κ3) is 3.41. The highest BCUT2D eigenvalue weighted by Crippen LogP contribution is 2.35. The summed E-state index contributed by atoms with van der Waals surface area (Å²) in [5, 5.41) is 14.4. The van der Waals surface area contributed by atoms with Gasteiger partial charge in [0.1, 0.15) is 16.5 Å². The molecule has 7 heteroatoms. The Kier molecular flexibility index (Phi) is 4.77. The highest BCUT2D eigenvalue weighted by Gasteiger charge is 2.26. The lowest BCUT2D eigenvalue weighted by molar-refractivity contribution is 0.102. The van der Waals surface area contributed by atoms with Crippen molar-refractivity contribution in [3.05, 3.63) is 75.1 Å². The molecule has 0 spiro atoms. The number of amides is 1. The molecule has 0 aliphatic heterocycles. The van der Waals surface area contributed by atoms with Crippen molar-refractivity contribution in [2.45, 2.75) is 32.2 Å². The van der Waals surface area contributed by atoms with Crippen molar-refractivity contribution in [3.8, 4) is 10.6 Å². The van der Waals surface area contributed by atoms with Gasteiger partial charge in [0.05, 0.1) is 12.2 Å². The molecule has 5 nitrogen and oxygen atoms in total. The number of rotatable bonds is 4. The second kappa shape index (κ2) is 7.57. The molecule has 0 saturated heterocycles. The quantitative estimate of drug-likeness (QED) is 0.470. The van der Waals surface area contributed by atoms with Crippen molar-refractivity contribution >= 4 is 34.4 Å². The molecule has 4 aromatic rings. The summed E-state index contributed by atoms with van der Waals surface area (Å²) in [5.41, 5.74) is 5.11. The van der Waals surface area contributed by atoms with Crippen molar-refractivity contribution in [2.75, 3.05) is 5.32 Å². The van der Waals surface area contributed by atoms with Crippen LogP contribution >= 0.6 is 22.7 Å². The van der Waals surface area contributed by atoms with Crippen molar-refractivity contribution in [3.63, 3.8) is 0 Å². The molecule has 1 unspecified atom stereocenters. The SMILES string of the molecule is Cc1cnn(C2CCCc3ccccc32)c1NC(=O)c1csc(-c2ccsc2)n1. The highest BCUT2D eigenvalue weighted by molar-refractivity contribution is 7.14. The molecule has 0 saturated carbocycles. The standard InChI is InChI=1S/C22H20N4OS2/c1-14-11-23-26(19-8-4-6-15-5-2-3-7-17(15)19)20(14)25-21(27)18-13-29-22(24-18)16-9-10-28-12-16/h2-3,5,7,9-13,19H,4,6,8H2,1H3,(H,25,27). The predicted molar refractivity (Wildman–Crippen MR) is 118 cm³/mol. The summed E-state index contributed by atoms with van der Waals surface area (Å²) >= 11 is 3.11. The Labute approximate surface area is 177 Å². The number of nitrogens with one attached hydrogen (secondary N) is 1. The van der Waals surface area contributed by atoms with Gasteiger partial charge in [0.25, 0.3) is 5.91 Å². The first-order chi connectivity index (χ1) is 14.2. The van der Waals surface area contributed by atoms with Gasteiger partial charge in [-0.05, 0) is 48.8 Å². The maximum Gasteiger partial charge on any atom is 0.276 e. The number of carbonyl (C=O) groups is 1. The van der Waals surface area contributed by atoms with E-state index in [2.05, 4.69) is 39.7 Å². The molecule has 0 radical (unpaired) electrons. The zero-order valence-corrected chi connectivity index (χ0v) is 17.6. The zero-order chi connectivity index (χ0) is 19.8. The first kappa shape index (κ1) is 18.3. The molecule has 0 fully saturated rings. The molecule has 1 aliphatic carbocycles. The van der Waals surface area contributed by atoms with Crippen molar-refractivity contribution in [1.29, 1.82) is 0 Å². The Hall–Kier alpha value is -2.77. The van der Waals surface area contributed by atoms with Crippen LogP contribution in [0.2, 0.25) is 0 Å². The third-order valence-electron chi connectivity index (χ3n) is 5.35. The summed E-state index contributed by atoms with van der Waals surface area (Å²) < 4.78 is 1.97. The second-order valence-electron chi connectivity index (χ2n) is 7.23. The average Bonchev–Trinajstić information content (AvgIpc) is 3.49. The monoisotopic (exact) mass is 420 g/mol. The zero-order valence-electron chi connectivity index (χ0n) is 16.0. The Balaban J connectivity index is 1.43. The smallest absolute Gasteiger partial charge is 0.276 e. The topological polar surface area (TPSA) is 59.8 Å². The maximum atomic E-state index is 12.9. The largest absolute Gasteiger partial charge is 0.305 e. The first-order valence-corrected chi connectivity index (χ1v) is 11.4. The number of hydrogen-bond acceptors (Lipinski definition) is 5. The van der Waals surface area contributed by atoms with Crippen LogP contribution in [0, 0.1) is 6.92 Å². The minimum Gasteiger partial charge on any atom is -0.305 e. The number of aromatic nitrogens is 3. The van der Waals surface area contributed by atoms with Crippen LogP contribution < -0.4 is 5.32 Å². The van der Waals surface area contributed by atoms with Gasteiger partial charge in [-0.2, -0.15) is 16.4 Å². The lowest BCUT2D eigenvalue weighted by atomic mass is 9.88. The number of hydrogen-bond donors (Lipinski definition) is 1. The van der Waals surface area contributed by atoms with Gasteiger partial charge in [-0.25, -0.2) is 9.67 Å². The van der Waals surface area contributed by atoms with Gasteiger partial charge in [-0.3, -0.25) is 4.79 Å². The van der Waals surface area contributed by atoms with Crippen LogP contribution in [-0.4, -0.2) is 20.7 Å². The van der Waals surface area contributed by atoms with Gasteiger partial charge in [0.2, 0.25) is 0 Å². The van der Waals surface area contributed by atoms with E-state index in [1.165, 1.54) is 22.5 Å². The molecule has 1 atom stereocenters. The molecule has 3 aromatic heterocycles. The lowest BCUT2D eigenvalue weighted by Gasteiger charge is -2.27. The summed E-state index contributed by atoms with van der Waals surface area (Å²) in [7, 11) is 0. The van der Waals surface area contributed by atoms with E-state index in [1.807, 2.05) is 40.0 Å². The van der Waals surface area contributed by atoms with Gasteiger partial charge >= 0.3 is 0 Å². The summed E-state index contributed by atoms with van der Waals surface area (Å²) in [4.78, 5) is 17.4. The fourth-order valence-electron chi connectivity index (χ4n) is 3.89. The van der Waals surface area contributed by atoms with Gasteiger partial charge in [0.15, 0.2) is 0 Å². The van der Waals surface area contributed by atoms with Crippen LogP contribution in [0.15, 0.2) is 52.7 Å². The van der Waals surface area contributed by atoms with Crippen LogP contribution in [0.25, 0.3) is 10.6 Å². The fraction of sp³-hybridized carbons (Fsp3) is 0.227. The Morgan fingerprint density at radius 1 is 1.24 bits per heavy atom. The Bertz CT molecular complexity index is 1160. The highest BCUT2D eigenvalue weighted by atomic mass is 32.1. The van der Waals surface area contributed by atoms with Crippen LogP contribution in [0.3, 0.4) is 0 Å². The average molecular weight is 421 g/mol. The minimum absolute atomic E-state index is 0.140. The van der Waals surface area contributed by atoms with Crippen molar-refractivity contribution < 1.29 is 4.79 Å². The van der Waals surface area contributed by atoms with Gasteiger partial charge in [-0.15, -0.1) is 11.3 Å². The Morgan fingerprint density at radius 3 is 3.00 bits per heavy atom. The number of benzene rings is 1. The van der Waals surface area contributed by atoms with E-state index in [1.54, 1.807) is 11.3 Å². The Morgan fingerprint density at radius 2 is 2.14 bits per heavy atom. The molecule has 3 heterocycles. The number of fused-ring (bicyclic) bond motifs is 1. The molecular formula is C22H20N4OS2. The molecule has 29 heavy (non-hydrogen) atoms. The lowest BCUT2D eigenvalue weighted by Crippen LogP contribution is -2.23. The number of thiophene rings is 1. The van der Waals surface area contributed by atoms with Gasteiger partial charge in [0, 0.05) is 21.9 Å². The van der Waals surface area contributed by atoms with Crippen molar-refractivity contribution in [2.24, 2.45) is 0 Å². The summed E-state index contributed by atoms with van der Waals surface area (Å²) in [6.07, 6.45) is 5.05. The number of aryl methyl sites for hydroxylation is 2. The fourth-order valence-corrected chi connectivity index (χ4v) is 5.40. The van der Waals surface area contributed by atoms with E-state index in [9.17, 15) is 4.79 Å². The van der Waals surface area contributed by atoms with E-state index in [0.29, 0.717) is 5.69 Å². The molecule has 146 valence electrons. The van der Waals surface area contributed by atoms with E-state index in [-0.39, 0.29) is 11.9 Å². The van der Waals surface area contributed by atoms with Gasteiger partial charge < -0.3 is 5.32 Å². The molecule has 1 aliphatic rings. The third-order valence-corrected chi connectivity index (χ3v) is 6.92. The van der Waals surface area contributed by atoms with Crippen LogP contribution in [-0.2, 0) is 6.42 Å². The summed E-state index contributed by atoms with van der Waals surface area (Å²) in [5.74, 6) is 0.554. The molecule has 1 amide bonds. The first-order valence-electron chi connectivity index (χ1n) is 9.62. The second-order valence-corrected chi connectivity index (χ2v) is 8.87. The van der Waals surface area contributed by atoms with E-state index >= 15 is 0 Å². The van der Waals surface area contributed by atoms with E-state index in [4.69, 9.17) is 0 Å².